The van der Waals surface area contributed by atoms with Crippen LogP contribution < -0.4 is 11.1 Å². The molecule has 0 radical (unpaired) electrons. The molecule has 80 valence electrons. The Labute approximate surface area is 86.8 Å². The standard InChI is InChI=1S/C11H21N3/c1-3-11(2)6-4-8-13-10-14-9-5-7-12/h3,9,13H,1-2,4-8,10,12H2/b14-9+. The van der Waals surface area contributed by atoms with Gasteiger partial charge in [0.2, 0.25) is 0 Å². The maximum absolute atomic E-state index is 5.31. The van der Waals surface area contributed by atoms with Crippen molar-refractivity contribution >= 4 is 6.21 Å². The second-order valence-electron chi connectivity index (χ2n) is 3.07. The molecule has 3 N–H and O–H groups in total. The first kappa shape index (κ1) is 13.1. The number of aliphatic imine (C=N–C) groups is 1. The summed E-state index contributed by atoms with van der Waals surface area (Å²) < 4.78 is 0. The normalized spacial score (nSPS) is 10.6. The van der Waals surface area contributed by atoms with E-state index in [0.29, 0.717) is 13.2 Å². The van der Waals surface area contributed by atoms with Gasteiger partial charge in [0.15, 0.2) is 0 Å². The minimum Gasteiger partial charge on any atom is -0.330 e. The monoisotopic (exact) mass is 195 g/mol. The molecule has 0 aromatic rings. The predicted molar refractivity (Wildman–Crippen MR) is 63.6 cm³/mol. The summed E-state index contributed by atoms with van der Waals surface area (Å²) in [5.41, 5.74) is 6.40. The van der Waals surface area contributed by atoms with Crippen LogP contribution in [0.1, 0.15) is 19.3 Å². The second kappa shape index (κ2) is 10.2. The molecular formula is C11H21N3. The molecule has 0 unspecified atom stereocenters. The van der Waals surface area contributed by atoms with E-state index in [9.17, 15) is 0 Å². The third kappa shape index (κ3) is 9.16. The summed E-state index contributed by atoms with van der Waals surface area (Å²) in [5.74, 6) is 0. The largest absolute Gasteiger partial charge is 0.330 e. The van der Waals surface area contributed by atoms with Crippen LogP contribution in [0.15, 0.2) is 29.8 Å². The van der Waals surface area contributed by atoms with Crippen molar-refractivity contribution in [2.75, 3.05) is 19.8 Å². The molecule has 3 heteroatoms. The number of nitrogens with zero attached hydrogens (tertiary/aromatic N) is 1. The fraction of sp³-hybridized carbons (Fsp3) is 0.545. The summed E-state index contributed by atoms with van der Waals surface area (Å²) >= 11 is 0. The molecule has 14 heavy (non-hydrogen) atoms. The fourth-order valence-corrected chi connectivity index (χ4v) is 0.916. The quantitative estimate of drug-likeness (QED) is 0.332. The first-order chi connectivity index (χ1) is 6.81. The van der Waals surface area contributed by atoms with Gasteiger partial charge in [0, 0.05) is 6.21 Å². The van der Waals surface area contributed by atoms with E-state index >= 15 is 0 Å². The maximum Gasteiger partial charge on any atom is 0.0880 e. The Kier molecular flexibility index (Phi) is 9.48. The van der Waals surface area contributed by atoms with E-state index in [1.165, 1.54) is 0 Å². The average molecular weight is 195 g/mol. The van der Waals surface area contributed by atoms with Gasteiger partial charge in [-0.15, -0.1) is 0 Å². The number of hydrogen-bond donors (Lipinski definition) is 2. The van der Waals surface area contributed by atoms with E-state index in [-0.39, 0.29) is 0 Å². The van der Waals surface area contributed by atoms with Crippen LogP contribution in [0.25, 0.3) is 0 Å². The zero-order valence-corrected chi connectivity index (χ0v) is 8.84. The molecule has 0 amide bonds. The highest BCUT2D eigenvalue weighted by atomic mass is 15.0. The lowest BCUT2D eigenvalue weighted by atomic mass is 10.2. The zero-order chi connectivity index (χ0) is 10.6. The SMILES string of the molecule is C=CC(=C)CCCNC/N=C/CCN. The van der Waals surface area contributed by atoms with E-state index in [1.54, 1.807) is 6.08 Å². The summed E-state index contributed by atoms with van der Waals surface area (Å²) in [4.78, 5) is 4.14. The Balaban J connectivity index is 3.13. The van der Waals surface area contributed by atoms with Gasteiger partial charge in [-0.1, -0.05) is 24.8 Å². The first-order valence-corrected chi connectivity index (χ1v) is 5.00. The Hall–Kier alpha value is -0.930. The Bertz CT molecular complexity index is 185. The van der Waals surface area contributed by atoms with Crippen molar-refractivity contribution < 1.29 is 0 Å². The Morgan fingerprint density at radius 1 is 1.50 bits per heavy atom. The Morgan fingerprint density at radius 2 is 2.29 bits per heavy atom. The molecule has 0 aliphatic heterocycles. The molecule has 0 bridgehead atoms. The molecular weight excluding hydrogens is 174 g/mol. The molecule has 0 fully saturated rings. The van der Waals surface area contributed by atoms with E-state index in [2.05, 4.69) is 23.5 Å². The van der Waals surface area contributed by atoms with Crippen LogP contribution >= 0.6 is 0 Å². The topological polar surface area (TPSA) is 50.4 Å². The van der Waals surface area contributed by atoms with Crippen LogP contribution in [-0.2, 0) is 0 Å². The maximum atomic E-state index is 5.31. The highest BCUT2D eigenvalue weighted by Crippen LogP contribution is 2.00. The number of nitrogens with two attached hydrogens (primary N) is 1. The van der Waals surface area contributed by atoms with E-state index in [0.717, 1.165) is 31.4 Å². The van der Waals surface area contributed by atoms with E-state index in [4.69, 9.17) is 5.73 Å². The van der Waals surface area contributed by atoms with E-state index < -0.39 is 0 Å². The molecule has 0 saturated heterocycles. The van der Waals surface area contributed by atoms with Crippen molar-refractivity contribution in [3.63, 3.8) is 0 Å². The molecule has 3 nitrogen and oxygen atoms in total. The van der Waals surface area contributed by atoms with Crippen LogP contribution in [0.3, 0.4) is 0 Å². The fourth-order valence-electron chi connectivity index (χ4n) is 0.916. The highest BCUT2D eigenvalue weighted by molar-refractivity contribution is 5.57. The minimum atomic E-state index is 0.669. The molecule has 0 aliphatic carbocycles. The van der Waals surface area contributed by atoms with Gasteiger partial charge in [0.25, 0.3) is 0 Å². The highest BCUT2D eigenvalue weighted by Gasteiger charge is 1.88. The molecule has 0 saturated carbocycles. The summed E-state index contributed by atoms with van der Waals surface area (Å²) in [6, 6.07) is 0. The molecule has 0 spiro atoms. The summed E-state index contributed by atoms with van der Waals surface area (Å²) in [7, 11) is 0. The molecule has 0 heterocycles. The molecule has 0 aromatic carbocycles. The van der Waals surface area contributed by atoms with E-state index in [1.807, 2.05) is 6.21 Å². The van der Waals surface area contributed by atoms with Gasteiger partial charge < -0.3 is 5.73 Å². The van der Waals surface area contributed by atoms with Gasteiger partial charge in [0.1, 0.15) is 0 Å². The van der Waals surface area contributed by atoms with Crippen molar-refractivity contribution in [1.82, 2.24) is 5.32 Å². The molecule has 0 aromatic heterocycles. The molecule has 0 rings (SSSR count). The Morgan fingerprint density at radius 3 is 2.93 bits per heavy atom. The van der Waals surface area contributed by atoms with Crippen LogP contribution in [-0.4, -0.2) is 26.0 Å². The number of rotatable bonds is 9. The first-order valence-electron chi connectivity index (χ1n) is 5.00. The molecule has 0 atom stereocenters. The number of nitrogens with one attached hydrogen (secondary N) is 1. The molecule has 0 aliphatic rings. The summed E-state index contributed by atoms with van der Waals surface area (Å²) in [6.45, 7) is 9.81. The van der Waals surface area contributed by atoms with Gasteiger partial charge >= 0.3 is 0 Å². The van der Waals surface area contributed by atoms with Crippen LogP contribution in [0.2, 0.25) is 0 Å². The smallest absolute Gasteiger partial charge is 0.0880 e. The van der Waals surface area contributed by atoms with Crippen LogP contribution in [0, 0.1) is 0 Å². The third-order valence-corrected chi connectivity index (χ3v) is 1.77. The zero-order valence-electron chi connectivity index (χ0n) is 8.84. The second-order valence-corrected chi connectivity index (χ2v) is 3.07. The lowest BCUT2D eigenvalue weighted by molar-refractivity contribution is 0.664. The van der Waals surface area contributed by atoms with Crippen molar-refractivity contribution in [1.29, 1.82) is 0 Å². The lowest BCUT2D eigenvalue weighted by Crippen LogP contribution is -2.15. The van der Waals surface area contributed by atoms with Gasteiger partial charge in [-0.2, -0.15) is 0 Å². The van der Waals surface area contributed by atoms with Crippen molar-refractivity contribution in [3.8, 4) is 0 Å². The third-order valence-electron chi connectivity index (χ3n) is 1.77. The predicted octanol–water partition coefficient (Wildman–Crippen LogP) is 1.48. The minimum absolute atomic E-state index is 0.669. The number of allylic oxidation sites excluding steroid dienone is 2. The lowest BCUT2D eigenvalue weighted by Gasteiger charge is -2.01. The summed E-state index contributed by atoms with van der Waals surface area (Å²) in [5, 5.41) is 3.21. The summed E-state index contributed by atoms with van der Waals surface area (Å²) in [6.07, 6.45) is 6.60. The number of hydrogen-bond acceptors (Lipinski definition) is 3. The van der Waals surface area contributed by atoms with Crippen molar-refractivity contribution in [2.24, 2.45) is 10.7 Å². The van der Waals surface area contributed by atoms with Crippen LogP contribution in [0.4, 0.5) is 0 Å². The average Bonchev–Trinajstić information content (AvgIpc) is 2.21. The van der Waals surface area contributed by atoms with Gasteiger partial charge in [-0.05, 0) is 32.4 Å². The van der Waals surface area contributed by atoms with Crippen LogP contribution in [0.5, 0.6) is 0 Å². The van der Waals surface area contributed by atoms with Gasteiger partial charge in [-0.3, -0.25) is 10.3 Å². The van der Waals surface area contributed by atoms with Gasteiger partial charge in [0.05, 0.1) is 6.67 Å². The van der Waals surface area contributed by atoms with Crippen molar-refractivity contribution in [2.45, 2.75) is 19.3 Å². The van der Waals surface area contributed by atoms with Crippen molar-refractivity contribution in [3.05, 3.63) is 24.8 Å². The van der Waals surface area contributed by atoms with Gasteiger partial charge in [-0.25, -0.2) is 0 Å².